The molecule has 0 aromatic heterocycles. The van der Waals surface area contributed by atoms with Crippen LogP contribution in [-0.2, 0) is 9.53 Å². The van der Waals surface area contributed by atoms with Crippen molar-refractivity contribution in [3.8, 4) is 6.07 Å². The first-order chi connectivity index (χ1) is 13.5. The lowest BCUT2D eigenvalue weighted by Gasteiger charge is -2.38. The molecule has 0 radical (unpaired) electrons. The smallest absolute Gasteiger partial charge is 0.327 e. The molecular formula is C21H20ClN3O3. The van der Waals surface area contributed by atoms with E-state index in [0.29, 0.717) is 42.3 Å². The molecular weight excluding hydrogens is 378 g/mol. The largest absolute Gasteiger partial charge is 0.468 e. The van der Waals surface area contributed by atoms with Gasteiger partial charge in [0.1, 0.15) is 6.04 Å². The third-order valence-corrected chi connectivity index (χ3v) is 5.07. The molecule has 28 heavy (non-hydrogen) atoms. The molecule has 3 rings (SSSR count). The van der Waals surface area contributed by atoms with Crippen molar-refractivity contribution in [2.24, 2.45) is 0 Å². The number of benzene rings is 2. The summed E-state index contributed by atoms with van der Waals surface area (Å²) in [6, 6.07) is 15.3. The van der Waals surface area contributed by atoms with E-state index in [1.807, 2.05) is 23.1 Å². The normalized spacial score (nSPS) is 15.5. The number of carbonyl (C=O) groups excluding carboxylic acids is 2. The van der Waals surface area contributed by atoms with Gasteiger partial charge in [-0.1, -0.05) is 29.8 Å². The third-order valence-electron chi connectivity index (χ3n) is 4.82. The van der Waals surface area contributed by atoms with Gasteiger partial charge in [-0.25, -0.2) is 4.79 Å². The molecule has 1 atom stereocenters. The molecule has 0 aliphatic carbocycles. The Morgan fingerprint density at radius 2 is 1.79 bits per heavy atom. The topological polar surface area (TPSA) is 73.6 Å². The van der Waals surface area contributed by atoms with E-state index in [-0.39, 0.29) is 11.9 Å². The lowest BCUT2D eigenvalue weighted by atomic mass is 10.0. The number of methoxy groups -OCH3 is 1. The summed E-state index contributed by atoms with van der Waals surface area (Å²) in [5.74, 6) is -0.457. The Kier molecular flexibility index (Phi) is 6.30. The van der Waals surface area contributed by atoms with E-state index >= 15 is 0 Å². The van der Waals surface area contributed by atoms with Crippen LogP contribution in [0.3, 0.4) is 0 Å². The Labute approximate surface area is 168 Å². The van der Waals surface area contributed by atoms with Crippen LogP contribution < -0.4 is 0 Å². The van der Waals surface area contributed by atoms with Crippen molar-refractivity contribution in [1.82, 2.24) is 9.80 Å². The molecule has 6 nitrogen and oxygen atoms in total. The second-order valence-corrected chi connectivity index (χ2v) is 6.93. The van der Waals surface area contributed by atoms with E-state index < -0.39 is 6.04 Å². The number of carbonyl (C=O) groups is 2. The second-order valence-electron chi connectivity index (χ2n) is 6.50. The van der Waals surface area contributed by atoms with Crippen molar-refractivity contribution >= 4 is 23.5 Å². The van der Waals surface area contributed by atoms with Crippen LogP contribution in [0.4, 0.5) is 0 Å². The molecule has 1 aliphatic heterocycles. The van der Waals surface area contributed by atoms with E-state index in [2.05, 4.69) is 0 Å². The number of esters is 1. The van der Waals surface area contributed by atoms with Gasteiger partial charge in [0.25, 0.3) is 5.91 Å². The maximum atomic E-state index is 12.7. The van der Waals surface area contributed by atoms with Crippen molar-refractivity contribution in [1.29, 1.82) is 5.26 Å². The molecule has 144 valence electrons. The zero-order valence-corrected chi connectivity index (χ0v) is 16.2. The summed E-state index contributed by atoms with van der Waals surface area (Å²) in [5, 5.41) is 9.62. The quantitative estimate of drug-likeness (QED) is 0.741. The van der Waals surface area contributed by atoms with Crippen LogP contribution in [0.15, 0.2) is 48.5 Å². The van der Waals surface area contributed by atoms with Crippen molar-refractivity contribution in [2.45, 2.75) is 6.04 Å². The van der Waals surface area contributed by atoms with Gasteiger partial charge < -0.3 is 9.64 Å². The molecule has 1 unspecified atom stereocenters. The third kappa shape index (κ3) is 4.33. The van der Waals surface area contributed by atoms with Crippen LogP contribution in [0.5, 0.6) is 0 Å². The average Bonchev–Trinajstić information content (AvgIpc) is 2.75. The fourth-order valence-corrected chi connectivity index (χ4v) is 3.47. The van der Waals surface area contributed by atoms with Gasteiger partial charge in [-0.2, -0.15) is 5.26 Å². The molecule has 0 bridgehead atoms. The van der Waals surface area contributed by atoms with Crippen LogP contribution >= 0.6 is 11.6 Å². The highest BCUT2D eigenvalue weighted by atomic mass is 35.5. The fraction of sp³-hybridized carbons (Fsp3) is 0.286. The van der Waals surface area contributed by atoms with Gasteiger partial charge in [-0.3, -0.25) is 9.69 Å². The second kappa shape index (κ2) is 8.87. The highest BCUT2D eigenvalue weighted by Crippen LogP contribution is 2.25. The Morgan fingerprint density at radius 1 is 1.11 bits per heavy atom. The molecule has 1 fully saturated rings. The predicted octanol–water partition coefficient (Wildman–Crippen LogP) is 2.88. The summed E-state index contributed by atoms with van der Waals surface area (Å²) in [4.78, 5) is 28.9. The van der Waals surface area contributed by atoms with Crippen LogP contribution in [-0.4, -0.2) is 55.0 Å². The van der Waals surface area contributed by atoms with E-state index in [9.17, 15) is 9.59 Å². The number of ether oxygens (including phenoxy) is 1. The zero-order chi connectivity index (χ0) is 20.1. The SMILES string of the molecule is COC(=O)C(c1ccc(Cl)cc1)N1CCN(C(=O)c2cccc(C#N)c2)CC1. The van der Waals surface area contributed by atoms with E-state index in [4.69, 9.17) is 21.6 Å². The number of rotatable bonds is 4. The minimum Gasteiger partial charge on any atom is -0.468 e. The minimum absolute atomic E-state index is 0.113. The lowest BCUT2D eigenvalue weighted by molar-refractivity contribution is -0.148. The molecule has 1 saturated heterocycles. The summed E-state index contributed by atoms with van der Waals surface area (Å²) in [7, 11) is 1.37. The van der Waals surface area contributed by atoms with Crippen molar-refractivity contribution in [3.05, 3.63) is 70.2 Å². The molecule has 7 heteroatoms. The Hall–Kier alpha value is -2.88. The summed E-state index contributed by atoms with van der Waals surface area (Å²) >= 11 is 5.96. The Bertz CT molecular complexity index is 900. The standard InChI is InChI=1S/C21H20ClN3O3/c1-28-21(27)19(16-5-7-18(22)8-6-16)24-9-11-25(12-10-24)20(26)17-4-2-3-15(13-17)14-23/h2-8,13,19H,9-12H2,1H3. The van der Waals surface area contributed by atoms with Gasteiger partial charge in [0.2, 0.25) is 0 Å². The summed E-state index contributed by atoms with van der Waals surface area (Å²) in [6.45, 7) is 2.03. The number of halogens is 1. The number of piperazine rings is 1. The molecule has 0 N–H and O–H groups in total. The lowest BCUT2D eigenvalue weighted by Crippen LogP contribution is -2.51. The molecule has 2 aromatic carbocycles. The van der Waals surface area contributed by atoms with Crippen LogP contribution in [0.1, 0.15) is 27.5 Å². The Morgan fingerprint density at radius 3 is 2.39 bits per heavy atom. The van der Waals surface area contributed by atoms with Crippen LogP contribution in [0.2, 0.25) is 5.02 Å². The maximum Gasteiger partial charge on any atom is 0.327 e. The summed E-state index contributed by atoms with van der Waals surface area (Å²) < 4.78 is 4.99. The predicted molar refractivity (Wildman–Crippen MR) is 105 cm³/mol. The molecule has 2 aromatic rings. The van der Waals surface area contributed by atoms with Crippen molar-refractivity contribution < 1.29 is 14.3 Å². The highest BCUT2D eigenvalue weighted by Gasteiger charge is 2.32. The summed E-state index contributed by atoms with van der Waals surface area (Å²) in [6.07, 6.45) is 0. The first kappa shape index (κ1) is 19.9. The van der Waals surface area contributed by atoms with E-state index in [1.54, 1.807) is 41.3 Å². The molecule has 0 saturated carbocycles. The molecule has 1 heterocycles. The van der Waals surface area contributed by atoms with Crippen LogP contribution in [0.25, 0.3) is 0 Å². The van der Waals surface area contributed by atoms with Gasteiger partial charge >= 0.3 is 5.97 Å². The maximum absolute atomic E-state index is 12.7. The fourth-order valence-electron chi connectivity index (χ4n) is 3.34. The van der Waals surface area contributed by atoms with E-state index in [0.717, 1.165) is 5.56 Å². The zero-order valence-electron chi connectivity index (χ0n) is 15.5. The number of hydrogen-bond donors (Lipinski definition) is 0. The number of nitrogens with zero attached hydrogens (tertiary/aromatic N) is 3. The van der Waals surface area contributed by atoms with Gasteiger partial charge in [0.15, 0.2) is 0 Å². The number of hydrogen-bond acceptors (Lipinski definition) is 5. The van der Waals surface area contributed by atoms with Crippen LogP contribution in [0, 0.1) is 11.3 Å². The highest BCUT2D eigenvalue weighted by molar-refractivity contribution is 6.30. The van der Waals surface area contributed by atoms with Crippen molar-refractivity contribution in [2.75, 3.05) is 33.3 Å². The Balaban J connectivity index is 1.71. The van der Waals surface area contributed by atoms with Gasteiger partial charge in [-0.15, -0.1) is 0 Å². The van der Waals surface area contributed by atoms with Gasteiger partial charge in [0.05, 0.1) is 18.7 Å². The number of amides is 1. The van der Waals surface area contributed by atoms with Crippen molar-refractivity contribution in [3.63, 3.8) is 0 Å². The minimum atomic E-state index is -0.540. The van der Waals surface area contributed by atoms with Gasteiger partial charge in [0, 0.05) is 36.8 Å². The molecule has 1 amide bonds. The monoisotopic (exact) mass is 397 g/mol. The summed E-state index contributed by atoms with van der Waals surface area (Å²) in [5.41, 5.74) is 1.76. The first-order valence-electron chi connectivity index (χ1n) is 8.90. The average molecular weight is 398 g/mol. The first-order valence-corrected chi connectivity index (χ1v) is 9.28. The molecule has 1 aliphatic rings. The van der Waals surface area contributed by atoms with Gasteiger partial charge in [-0.05, 0) is 35.9 Å². The molecule has 0 spiro atoms. The number of nitriles is 1. The van der Waals surface area contributed by atoms with E-state index in [1.165, 1.54) is 7.11 Å².